The van der Waals surface area contributed by atoms with E-state index < -0.39 is 0 Å². The van der Waals surface area contributed by atoms with Gasteiger partial charge in [-0.2, -0.15) is 0 Å². The molecule has 2 fully saturated rings. The maximum absolute atomic E-state index is 5.04. The topological polar surface area (TPSA) is 37.4 Å². The lowest BCUT2D eigenvalue weighted by molar-refractivity contribution is 0.199. The van der Waals surface area contributed by atoms with Crippen LogP contribution in [0, 0.1) is 17.8 Å². The maximum Gasteiger partial charge on any atom is 0.185 e. The molecule has 0 aromatic carbocycles. The molecule has 2 aliphatic carbocycles. The molecule has 21 heavy (non-hydrogen) atoms. The second kappa shape index (κ2) is 7.07. The summed E-state index contributed by atoms with van der Waals surface area (Å²) in [5.74, 6) is 2.93. The number of aromatic nitrogens is 1. The average molecular weight is 309 g/mol. The van der Waals surface area contributed by atoms with E-state index in [9.17, 15) is 0 Å². The Hall–Kier alpha value is -0.650. The van der Waals surface area contributed by atoms with Crippen LogP contribution < -0.4 is 10.2 Å². The van der Waals surface area contributed by atoms with Gasteiger partial charge in [0.25, 0.3) is 0 Å². The quantitative estimate of drug-likeness (QED) is 0.749. The molecule has 0 spiro atoms. The third kappa shape index (κ3) is 3.76. The molecule has 0 aliphatic heterocycles. The molecule has 1 aromatic heterocycles. The molecule has 2 aliphatic rings. The lowest BCUT2D eigenvalue weighted by Crippen LogP contribution is -2.28. The van der Waals surface area contributed by atoms with Gasteiger partial charge in [-0.1, -0.05) is 6.42 Å². The summed E-state index contributed by atoms with van der Waals surface area (Å²) < 4.78 is 5.04. The summed E-state index contributed by atoms with van der Waals surface area (Å²) in [5.41, 5.74) is 0. The van der Waals surface area contributed by atoms with Crippen LogP contribution in [0.2, 0.25) is 0 Å². The number of nitrogens with zero attached hydrogens (tertiary/aromatic N) is 2. The summed E-state index contributed by atoms with van der Waals surface area (Å²) in [7, 11) is 3.93. The molecule has 3 atom stereocenters. The molecule has 4 nitrogen and oxygen atoms in total. The van der Waals surface area contributed by atoms with Crippen LogP contribution in [-0.2, 0) is 11.3 Å². The van der Waals surface area contributed by atoms with Crippen LogP contribution in [0.15, 0.2) is 6.20 Å². The Morgan fingerprint density at radius 2 is 2.33 bits per heavy atom. The predicted octanol–water partition coefficient (Wildman–Crippen LogP) is 2.75. The molecule has 0 radical (unpaired) electrons. The van der Waals surface area contributed by atoms with Crippen molar-refractivity contribution in [3.63, 3.8) is 0 Å². The number of nitrogens with one attached hydrogen (secondary N) is 1. The monoisotopic (exact) mass is 309 g/mol. The van der Waals surface area contributed by atoms with E-state index in [0.717, 1.165) is 37.5 Å². The van der Waals surface area contributed by atoms with Gasteiger partial charge in [0.1, 0.15) is 0 Å². The van der Waals surface area contributed by atoms with Crippen molar-refractivity contribution in [3.8, 4) is 0 Å². The standard InChI is InChI=1S/C16H27N3OS/c1-19(11-14-8-12-3-4-13(14)7-12)16-18-10-15(21-16)9-17-5-6-20-2/h10,12-14,17H,3-9,11H2,1-2H3. The molecule has 3 rings (SSSR count). The van der Waals surface area contributed by atoms with Crippen molar-refractivity contribution >= 4 is 16.5 Å². The number of ether oxygens (including phenoxy) is 1. The Morgan fingerprint density at radius 1 is 1.43 bits per heavy atom. The predicted molar refractivity (Wildman–Crippen MR) is 87.9 cm³/mol. The van der Waals surface area contributed by atoms with E-state index >= 15 is 0 Å². The van der Waals surface area contributed by atoms with Crippen LogP contribution in [0.25, 0.3) is 0 Å². The van der Waals surface area contributed by atoms with E-state index in [-0.39, 0.29) is 0 Å². The molecular weight excluding hydrogens is 282 g/mol. The summed E-state index contributed by atoms with van der Waals surface area (Å²) in [4.78, 5) is 8.27. The van der Waals surface area contributed by atoms with Gasteiger partial charge in [-0.25, -0.2) is 4.98 Å². The van der Waals surface area contributed by atoms with Gasteiger partial charge in [0.2, 0.25) is 0 Å². The molecular formula is C16H27N3OS. The normalized spacial score (nSPS) is 27.4. The summed E-state index contributed by atoms with van der Waals surface area (Å²) in [6, 6.07) is 0. The first-order chi connectivity index (χ1) is 10.3. The van der Waals surface area contributed by atoms with Gasteiger partial charge in [0.05, 0.1) is 6.61 Å². The SMILES string of the molecule is COCCNCc1cnc(N(C)CC2CC3CCC2C3)s1. The van der Waals surface area contributed by atoms with Crippen LogP contribution in [0.3, 0.4) is 0 Å². The maximum atomic E-state index is 5.04. The highest BCUT2D eigenvalue weighted by Gasteiger charge is 2.39. The van der Waals surface area contributed by atoms with Crippen molar-refractivity contribution in [2.75, 3.05) is 38.8 Å². The number of methoxy groups -OCH3 is 1. The zero-order chi connectivity index (χ0) is 14.7. The van der Waals surface area contributed by atoms with E-state index in [1.807, 2.05) is 17.5 Å². The highest BCUT2D eigenvalue weighted by atomic mass is 32.1. The fourth-order valence-electron chi connectivity index (χ4n) is 3.97. The van der Waals surface area contributed by atoms with Crippen molar-refractivity contribution in [3.05, 3.63) is 11.1 Å². The first kappa shape index (κ1) is 15.3. The van der Waals surface area contributed by atoms with E-state index in [0.29, 0.717) is 0 Å². The van der Waals surface area contributed by atoms with E-state index in [2.05, 4.69) is 22.2 Å². The summed E-state index contributed by atoms with van der Waals surface area (Å²) in [5, 5.41) is 4.54. The number of anilines is 1. The third-order valence-corrected chi connectivity index (χ3v) is 6.15. The van der Waals surface area contributed by atoms with Crippen LogP contribution in [-0.4, -0.2) is 38.8 Å². The smallest absolute Gasteiger partial charge is 0.185 e. The molecule has 1 aromatic rings. The van der Waals surface area contributed by atoms with E-state index in [1.165, 1.54) is 42.2 Å². The Morgan fingerprint density at radius 3 is 3.05 bits per heavy atom. The van der Waals surface area contributed by atoms with Crippen molar-refractivity contribution in [1.29, 1.82) is 0 Å². The summed E-state index contributed by atoms with van der Waals surface area (Å²) in [6.45, 7) is 3.73. The Labute approximate surface area is 131 Å². The lowest BCUT2D eigenvalue weighted by Gasteiger charge is -2.26. The number of hydrogen-bond acceptors (Lipinski definition) is 5. The first-order valence-electron chi connectivity index (χ1n) is 8.11. The van der Waals surface area contributed by atoms with E-state index in [4.69, 9.17) is 4.74 Å². The van der Waals surface area contributed by atoms with Gasteiger partial charge in [-0.3, -0.25) is 0 Å². The van der Waals surface area contributed by atoms with Crippen LogP contribution in [0.1, 0.15) is 30.6 Å². The van der Waals surface area contributed by atoms with Gasteiger partial charge in [-0.15, -0.1) is 11.3 Å². The summed E-state index contributed by atoms with van der Waals surface area (Å²) >= 11 is 1.81. The molecule has 2 bridgehead atoms. The second-order valence-corrected chi connectivity index (χ2v) is 7.69. The van der Waals surface area contributed by atoms with Crippen molar-refractivity contribution < 1.29 is 4.74 Å². The van der Waals surface area contributed by atoms with Gasteiger partial charge in [-0.05, 0) is 37.0 Å². The van der Waals surface area contributed by atoms with Crippen molar-refractivity contribution in [2.24, 2.45) is 17.8 Å². The number of fused-ring (bicyclic) bond motifs is 2. The highest BCUT2D eigenvalue weighted by molar-refractivity contribution is 7.15. The van der Waals surface area contributed by atoms with Gasteiger partial charge in [0.15, 0.2) is 5.13 Å². The van der Waals surface area contributed by atoms with Crippen molar-refractivity contribution in [2.45, 2.75) is 32.2 Å². The fraction of sp³-hybridized carbons (Fsp3) is 0.812. The minimum Gasteiger partial charge on any atom is -0.383 e. The Balaban J connectivity index is 1.46. The van der Waals surface area contributed by atoms with Crippen LogP contribution in [0.4, 0.5) is 5.13 Å². The number of hydrogen-bond donors (Lipinski definition) is 1. The molecule has 2 saturated carbocycles. The zero-order valence-electron chi connectivity index (χ0n) is 13.2. The van der Waals surface area contributed by atoms with Crippen LogP contribution >= 0.6 is 11.3 Å². The largest absolute Gasteiger partial charge is 0.383 e. The van der Waals surface area contributed by atoms with Gasteiger partial charge >= 0.3 is 0 Å². The molecule has 1 heterocycles. The van der Waals surface area contributed by atoms with Crippen molar-refractivity contribution in [1.82, 2.24) is 10.3 Å². The first-order valence-corrected chi connectivity index (χ1v) is 8.93. The number of thiazole rings is 1. The highest BCUT2D eigenvalue weighted by Crippen LogP contribution is 2.48. The minimum absolute atomic E-state index is 0.760. The average Bonchev–Trinajstić information content (AvgIpc) is 3.19. The third-order valence-electron chi connectivity index (χ3n) is 5.04. The zero-order valence-corrected chi connectivity index (χ0v) is 14.0. The second-order valence-electron chi connectivity index (χ2n) is 6.59. The minimum atomic E-state index is 0.760. The Bertz CT molecular complexity index is 450. The van der Waals surface area contributed by atoms with Gasteiger partial charge in [0, 0.05) is 44.9 Å². The lowest BCUT2D eigenvalue weighted by atomic mass is 9.88. The number of rotatable bonds is 8. The van der Waals surface area contributed by atoms with E-state index in [1.54, 1.807) is 7.11 Å². The van der Waals surface area contributed by atoms with Crippen LogP contribution in [0.5, 0.6) is 0 Å². The molecule has 118 valence electrons. The molecule has 1 N–H and O–H groups in total. The molecule has 0 saturated heterocycles. The fourth-order valence-corrected chi connectivity index (χ4v) is 4.82. The molecule has 3 unspecified atom stereocenters. The van der Waals surface area contributed by atoms with Gasteiger partial charge < -0.3 is 15.0 Å². The molecule has 5 heteroatoms. The summed E-state index contributed by atoms with van der Waals surface area (Å²) in [6.07, 6.45) is 7.91. The Kier molecular flexibility index (Phi) is 5.14. The molecule has 0 amide bonds.